The molecule has 1 heterocycles. The molecule has 1 rings (SSSR count). The highest BCUT2D eigenvalue weighted by Crippen LogP contribution is 1.94. The fourth-order valence-electron chi connectivity index (χ4n) is 0.453. The number of aromatic nitrogens is 1. The highest BCUT2D eigenvalue weighted by molar-refractivity contribution is 5.44. The van der Waals surface area contributed by atoms with Crippen LogP contribution in [0.5, 0.6) is 0 Å². The van der Waals surface area contributed by atoms with E-state index in [0.717, 1.165) is 5.56 Å². The van der Waals surface area contributed by atoms with E-state index in [0.29, 0.717) is 0 Å². The average Bonchev–Trinajstić information content (AvgIpc) is 1.88. The summed E-state index contributed by atoms with van der Waals surface area (Å²) in [7, 11) is 0. The number of rotatable bonds is 1. The summed E-state index contributed by atoms with van der Waals surface area (Å²) in [4.78, 5) is 3.71. The van der Waals surface area contributed by atoms with E-state index in [1.807, 2.05) is 6.07 Å². The summed E-state index contributed by atoms with van der Waals surface area (Å²) >= 11 is 0. The Hall–Kier alpha value is -1.11. The summed E-state index contributed by atoms with van der Waals surface area (Å²) in [6.45, 7) is 3.56. The van der Waals surface area contributed by atoms with Crippen LogP contribution in [0.2, 0.25) is 0 Å². The van der Waals surface area contributed by atoms with Gasteiger partial charge in [0.25, 0.3) is 0 Å². The zero-order valence-electron chi connectivity index (χ0n) is 5.46. The van der Waals surface area contributed by atoms with Gasteiger partial charge in [0.15, 0.2) is 0 Å². The van der Waals surface area contributed by atoms with Gasteiger partial charge in [-0.2, -0.15) is 0 Å². The Labute approximate surface area is 50.1 Å². The summed E-state index contributed by atoms with van der Waals surface area (Å²) in [5.74, 6) is 0. The maximum Gasteiger partial charge on any atom is 0.0840 e. The van der Waals surface area contributed by atoms with Crippen molar-refractivity contribution in [2.75, 3.05) is 0 Å². The standard InChI is InChI=1S/C7H7N/c1-2-7-3-5-8-6-4-7/h2-6H,1H2/i5D. The molecule has 0 N–H and O–H groups in total. The van der Waals surface area contributed by atoms with Crippen molar-refractivity contribution in [3.63, 3.8) is 0 Å². The van der Waals surface area contributed by atoms with Crippen LogP contribution in [0.3, 0.4) is 0 Å². The average molecular weight is 106 g/mol. The number of nitrogens with zero attached hydrogens (tertiary/aromatic N) is 1. The van der Waals surface area contributed by atoms with Gasteiger partial charge in [0.2, 0.25) is 0 Å². The first kappa shape index (κ1) is 3.84. The molecule has 0 aliphatic heterocycles. The van der Waals surface area contributed by atoms with Crippen LogP contribution in [0.1, 0.15) is 6.93 Å². The lowest BCUT2D eigenvalue weighted by atomic mass is 10.3. The van der Waals surface area contributed by atoms with Gasteiger partial charge >= 0.3 is 0 Å². The summed E-state index contributed by atoms with van der Waals surface area (Å²) in [6, 6.07) is 3.47. The monoisotopic (exact) mass is 106 g/mol. The van der Waals surface area contributed by atoms with E-state index in [4.69, 9.17) is 1.37 Å². The smallest absolute Gasteiger partial charge is 0.0840 e. The first-order valence-corrected chi connectivity index (χ1v) is 2.38. The first-order valence-electron chi connectivity index (χ1n) is 2.88. The molecule has 0 unspecified atom stereocenters. The van der Waals surface area contributed by atoms with Gasteiger partial charge in [-0.25, -0.2) is 0 Å². The molecule has 1 aromatic rings. The van der Waals surface area contributed by atoms with Gasteiger partial charge in [-0.05, 0) is 17.7 Å². The van der Waals surface area contributed by atoms with E-state index >= 15 is 0 Å². The van der Waals surface area contributed by atoms with E-state index < -0.39 is 0 Å². The number of hydrogen-bond donors (Lipinski definition) is 0. The molecule has 0 amide bonds. The molecule has 40 valence electrons. The molecule has 0 aliphatic rings. The zero-order chi connectivity index (χ0) is 6.69. The molecular formula is C7H7N. The van der Waals surface area contributed by atoms with E-state index in [9.17, 15) is 0 Å². The quantitative estimate of drug-likeness (QED) is 0.531. The molecule has 0 spiro atoms. The summed E-state index contributed by atoms with van der Waals surface area (Å²) in [6.07, 6.45) is 3.58. The van der Waals surface area contributed by atoms with Gasteiger partial charge in [-0.3, -0.25) is 4.98 Å². The van der Waals surface area contributed by atoms with Crippen molar-refractivity contribution >= 4 is 6.08 Å². The normalized spacial score (nSPS) is 10.2. The minimum atomic E-state index is 0.285. The molecule has 0 atom stereocenters. The third-order valence-corrected chi connectivity index (χ3v) is 0.883. The van der Waals surface area contributed by atoms with Gasteiger partial charge in [0, 0.05) is 12.4 Å². The van der Waals surface area contributed by atoms with Crippen LogP contribution in [0.25, 0.3) is 6.08 Å². The van der Waals surface area contributed by atoms with E-state index in [-0.39, 0.29) is 6.17 Å². The lowest BCUT2D eigenvalue weighted by molar-refractivity contribution is 1.32. The van der Waals surface area contributed by atoms with Crippen molar-refractivity contribution in [3.05, 3.63) is 36.6 Å². The van der Waals surface area contributed by atoms with Gasteiger partial charge in [-0.1, -0.05) is 12.7 Å². The van der Waals surface area contributed by atoms with Crippen LogP contribution < -0.4 is 0 Å². The summed E-state index contributed by atoms with van der Waals surface area (Å²) in [5, 5.41) is 0. The molecule has 1 nitrogen and oxygen atoms in total. The highest BCUT2D eigenvalue weighted by atomic mass is 14.6. The SMILES string of the molecule is [2H]c1cc(C=C)ccn1. The maximum atomic E-state index is 7.08. The highest BCUT2D eigenvalue weighted by Gasteiger charge is 1.76. The topological polar surface area (TPSA) is 12.9 Å². The Morgan fingerprint density at radius 3 is 3.12 bits per heavy atom. The fraction of sp³-hybridized carbons (Fsp3) is 0. The Bertz CT molecular complexity index is 220. The predicted octanol–water partition coefficient (Wildman–Crippen LogP) is 1.72. The Morgan fingerprint density at radius 2 is 2.62 bits per heavy atom. The van der Waals surface area contributed by atoms with Gasteiger partial charge in [0.05, 0.1) is 1.37 Å². The predicted molar refractivity (Wildman–Crippen MR) is 34.3 cm³/mol. The third-order valence-electron chi connectivity index (χ3n) is 0.883. The minimum absolute atomic E-state index is 0.285. The molecule has 8 heavy (non-hydrogen) atoms. The van der Waals surface area contributed by atoms with Crippen LogP contribution in [-0.4, -0.2) is 4.98 Å². The van der Waals surface area contributed by atoms with Crippen molar-refractivity contribution in [2.24, 2.45) is 0 Å². The molecule has 0 bridgehead atoms. The van der Waals surface area contributed by atoms with Crippen LogP contribution in [0, 0.1) is 0 Å². The van der Waals surface area contributed by atoms with Crippen molar-refractivity contribution in [2.45, 2.75) is 0 Å². The summed E-state index contributed by atoms with van der Waals surface area (Å²) < 4.78 is 7.08. The fourth-order valence-corrected chi connectivity index (χ4v) is 0.453. The second-order valence-electron chi connectivity index (χ2n) is 1.42. The van der Waals surface area contributed by atoms with Crippen molar-refractivity contribution < 1.29 is 1.37 Å². The van der Waals surface area contributed by atoms with Crippen molar-refractivity contribution in [3.8, 4) is 0 Å². The minimum Gasteiger partial charge on any atom is -0.265 e. The molecular weight excluding hydrogens is 98.1 g/mol. The number of pyridine rings is 1. The lowest BCUT2D eigenvalue weighted by Crippen LogP contribution is -1.69. The molecule has 0 saturated heterocycles. The van der Waals surface area contributed by atoms with E-state index in [2.05, 4.69) is 11.6 Å². The molecule has 0 aromatic carbocycles. The largest absolute Gasteiger partial charge is 0.265 e. The van der Waals surface area contributed by atoms with E-state index in [1.165, 1.54) is 0 Å². The second kappa shape index (κ2) is 2.26. The number of hydrogen-bond acceptors (Lipinski definition) is 1. The van der Waals surface area contributed by atoms with Crippen LogP contribution >= 0.6 is 0 Å². The van der Waals surface area contributed by atoms with Crippen LogP contribution in [-0.2, 0) is 0 Å². The van der Waals surface area contributed by atoms with Crippen LogP contribution in [0.4, 0.5) is 0 Å². The van der Waals surface area contributed by atoms with Gasteiger partial charge in [0.1, 0.15) is 0 Å². The molecule has 0 radical (unpaired) electrons. The Balaban J connectivity index is 3.07. The molecule has 0 fully saturated rings. The molecule has 0 saturated carbocycles. The zero-order valence-corrected chi connectivity index (χ0v) is 4.46. The lowest BCUT2D eigenvalue weighted by Gasteiger charge is -1.84. The first-order chi connectivity index (χ1) is 4.33. The molecule has 0 aliphatic carbocycles. The van der Waals surface area contributed by atoms with Crippen molar-refractivity contribution in [1.29, 1.82) is 0 Å². The van der Waals surface area contributed by atoms with Gasteiger partial charge in [-0.15, -0.1) is 0 Å². The molecule has 1 heteroatoms. The Morgan fingerprint density at radius 1 is 1.75 bits per heavy atom. The van der Waals surface area contributed by atoms with Crippen molar-refractivity contribution in [1.82, 2.24) is 4.98 Å². The second-order valence-corrected chi connectivity index (χ2v) is 1.42. The maximum absolute atomic E-state index is 7.08. The molecule has 1 aromatic heterocycles. The summed E-state index contributed by atoms with van der Waals surface area (Å²) in [5.41, 5.74) is 0.940. The van der Waals surface area contributed by atoms with Crippen LogP contribution in [0.15, 0.2) is 31.1 Å². The Kier molecular flexibility index (Phi) is 1.09. The van der Waals surface area contributed by atoms with Gasteiger partial charge < -0.3 is 0 Å². The third kappa shape index (κ3) is 0.936. The van der Waals surface area contributed by atoms with E-state index in [1.54, 1.807) is 18.3 Å².